The van der Waals surface area contributed by atoms with Gasteiger partial charge in [-0.2, -0.15) is 0 Å². The van der Waals surface area contributed by atoms with Gasteiger partial charge in [-0.05, 0) is 50.2 Å². The van der Waals surface area contributed by atoms with E-state index in [0.717, 1.165) is 48.0 Å². The molecule has 1 aromatic heterocycles. The second kappa shape index (κ2) is 10.1. The monoisotopic (exact) mass is 531 g/mol. The van der Waals surface area contributed by atoms with Crippen molar-refractivity contribution in [2.45, 2.75) is 37.8 Å². The summed E-state index contributed by atoms with van der Waals surface area (Å²) in [6, 6.07) is 11.9. The molecule has 7 nitrogen and oxygen atoms in total. The van der Waals surface area contributed by atoms with E-state index in [2.05, 4.69) is 46.8 Å². The molecule has 8 heteroatoms. The minimum absolute atomic E-state index is 0.0202. The second-order valence-electron chi connectivity index (χ2n) is 11.7. The summed E-state index contributed by atoms with van der Waals surface area (Å²) in [5.41, 5.74) is 4.94. The number of hydrogen-bond donors (Lipinski definition) is 0. The Morgan fingerprint density at radius 1 is 0.974 bits per heavy atom. The number of piperazine rings is 1. The zero-order valence-electron chi connectivity index (χ0n) is 23.4. The molecule has 2 fully saturated rings. The third kappa shape index (κ3) is 4.43. The van der Waals surface area contributed by atoms with Crippen molar-refractivity contribution < 1.29 is 14.0 Å². The maximum absolute atomic E-state index is 14.9. The van der Waals surface area contributed by atoms with E-state index in [1.807, 2.05) is 30.1 Å². The smallest absolute Gasteiger partial charge is 0.256 e. The standard InChI is InChI=1S/C31H38FN5O2/c1-20(38)35-13-15-36(16-14-35)31(39)23-9-6-8-22-24(17-34(4)30(22)23)25-18-37(19-28(25)33(2)3)27-12-11-21-7-5-10-26(32)29(21)27/h5-10,17,25,27-28H,11-16,18-19H2,1-4H3/t25-,27?,28+/m1/s1. The van der Waals surface area contributed by atoms with Gasteiger partial charge in [0, 0.05) is 88.4 Å². The lowest BCUT2D eigenvalue weighted by atomic mass is 9.92. The topological polar surface area (TPSA) is 52.0 Å². The first-order chi connectivity index (χ1) is 18.7. The van der Waals surface area contributed by atoms with Gasteiger partial charge in [0.05, 0.1) is 11.1 Å². The molecule has 206 valence electrons. The highest BCUT2D eigenvalue weighted by Gasteiger charge is 2.42. The molecular weight excluding hydrogens is 493 g/mol. The maximum atomic E-state index is 14.9. The molecule has 3 aliphatic rings. The molecule has 39 heavy (non-hydrogen) atoms. The lowest BCUT2D eigenvalue weighted by Crippen LogP contribution is -2.50. The number of halogens is 1. The molecule has 0 bridgehead atoms. The minimum Gasteiger partial charge on any atom is -0.350 e. The zero-order chi connectivity index (χ0) is 27.4. The van der Waals surface area contributed by atoms with E-state index in [4.69, 9.17) is 0 Å². The number of aromatic nitrogens is 1. The van der Waals surface area contributed by atoms with E-state index in [-0.39, 0.29) is 35.6 Å². The lowest BCUT2D eigenvalue weighted by molar-refractivity contribution is -0.130. The summed E-state index contributed by atoms with van der Waals surface area (Å²) < 4.78 is 17.0. The molecule has 0 spiro atoms. The molecule has 2 aliphatic heterocycles. The van der Waals surface area contributed by atoms with Gasteiger partial charge in [0.2, 0.25) is 5.91 Å². The predicted octanol–water partition coefficient (Wildman–Crippen LogP) is 3.64. The summed E-state index contributed by atoms with van der Waals surface area (Å²) in [5.74, 6) is 0.231. The van der Waals surface area contributed by atoms with Crippen molar-refractivity contribution in [2.75, 3.05) is 53.4 Å². The van der Waals surface area contributed by atoms with Crippen molar-refractivity contribution in [3.05, 3.63) is 70.7 Å². The highest BCUT2D eigenvalue weighted by atomic mass is 19.1. The van der Waals surface area contributed by atoms with Crippen molar-refractivity contribution in [2.24, 2.45) is 7.05 Å². The Morgan fingerprint density at radius 2 is 1.69 bits per heavy atom. The Labute approximate surface area is 229 Å². The van der Waals surface area contributed by atoms with Crippen LogP contribution in [0.1, 0.15) is 52.4 Å². The normalized spacial score (nSPS) is 23.7. The molecule has 2 aromatic carbocycles. The number of nitrogens with zero attached hydrogens (tertiary/aromatic N) is 5. The molecule has 1 aliphatic carbocycles. The number of likely N-dealkylation sites (tertiary alicyclic amines) is 1. The Kier molecular flexibility index (Phi) is 6.71. The second-order valence-corrected chi connectivity index (χ2v) is 11.7. The van der Waals surface area contributed by atoms with Gasteiger partial charge in [-0.1, -0.05) is 24.3 Å². The number of para-hydroxylation sites is 1. The average Bonchev–Trinajstić information content (AvgIpc) is 3.64. The first-order valence-corrected chi connectivity index (χ1v) is 14.0. The number of benzene rings is 2. The van der Waals surface area contributed by atoms with Gasteiger partial charge in [0.25, 0.3) is 5.91 Å². The number of amides is 2. The average molecular weight is 532 g/mol. The number of likely N-dealkylation sites (N-methyl/N-ethyl adjacent to an activating group) is 1. The number of hydrogen-bond acceptors (Lipinski definition) is 4. The van der Waals surface area contributed by atoms with Crippen LogP contribution in [0.3, 0.4) is 0 Å². The third-order valence-corrected chi connectivity index (χ3v) is 9.26. The molecule has 2 saturated heterocycles. The molecule has 2 amide bonds. The quantitative estimate of drug-likeness (QED) is 0.516. The number of aryl methyl sites for hydroxylation is 2. The molecule has 3 atom stereocenters. The number of carbonyl (C=O) groups is 2. The summed E-state index contributed by atoms with van der Waals surface area (Å²) in [4.78, 5) is 33.9. The summed E-state index contributed by atoms with van der Waals surface area (Å²) in [6.45, 7) is 5.55. The largest absolute Gasteiger partial charge is 0.350 e. The van der Waals surface area contributed by atoms with Gasteiger partial charge >= 0.3 is 0 Å². The number of fused-ring (bicyclic) bond motifs is 2. The van der Waals surface area contributed by atoms with E-state index in [1.54, 1.807) is 17.9 Å². The van der Waals surface area contributed by atoms with Crippen LogP contribution in [0.15, 0.2) is 42.6 Å². The van der Waals surface area contributed by atoms with Crippen molar-refractivity contribution in [3.8, 4) is 0 Å². The van der Waals surface area contributed by atoms with Gasteiger partial charge in [0.15, 0.2) is 0 Å². The zero-order valence-corrected chi connectivity index (χ0v) is 23.4. The fourth-order valence-corrected chi connectivity index (χ4v) is 7.24. The van der Waals surface area contributed by atoms with E-state index in [1.165, 1.54) is 5.56 Å². The van der Waals surface area contributed by atoms with Crippen LogP contribution in [0.4, 0.5) is 4.39 Å². The summed E-state index contributed by atoms with van der Waals surface area (Å²) >= 11 is 0. The van der Waals surface area contributed by atoms with Crippen molar-refractivity contribution in [1.82, 2.24) is 24.2 Å². The van der Waals surface area contributed by atoms with Gasteiger partial charge < -0.3 is 19.3 Å². The molecule has 3 aromatic rings. The first-order valence-electron chi connectivity index (χ1n) is 14.0. The van der Waals surface area contributed by atoms with Crippen molar-refractivity contribution in [1.29, 1.82) is 0 Å². The number of rotatable bonds is 4. The highest BCUT2D eigenvalue weighted by Crippen LogP contribution is 2.44. The van der Waals surface area contributed by atoms with Crippen LogP contribution in [0.2, 0.25) is 0 Å². The summed E-state index contributed by atoms with van der Waals surface area (Å²) in [5, 5.41) is 1.11. The Morgan fingerprint density at radius 3 is 2.41 bits per heavy atom. The van der Waals surface area contributed by atoms with Crippen molar-refractivity contribution in [3.63, 3.8) is 0 Å². The molecule has 6 rings (SSSR count). The van der Waals surface area contributed by atoms with Crippen LogP contribution in [-0.2, 0) is 18.3 Å². The molecule has 0 radical (unpaired) electrons. The van der Waals surface area contributed by atoms with Crippen LogP contribution in [0.25, 0.3) is 10.9 Å². The van der Waals surface area contributed by atoms with Crippen LogP contribution in [0, 0.1) is 5.82 Å². The lowest BCUT2D eigenvalue weighted by Gasteiger charge is -2.34. The van der Waals surface area contributed by atoms with Crippen molar-refractivity contribution >= 4 is 22.7 Å². The highest BCUT2D eigenvalue weighted by molar-refractivity contribution is 6.07. The Balaban J connectivity index is 1.31. The molecule has 0 N–H and O–H groups in total. The third-order valence-electron chi connectivity index (χ3n) is 9.26. The Bertz CT molecular complexity index is 1420. The van der Waals surface area contributed by atoms with Crippen LogP contribution in [-0.4, -0.2) is 95.4 Å². The molecule has 1 unspecified atom stereocenters. The SMILES string of the molecule is CC(=O)N1CCN(C(=O)c2cccc3c([C@H]4CN(C5CCc6cccc(F)c65)C[C@@H]4N(C)C)cn(C)c23)CC1. The van der Waals surface area contributed by atoms with E-state index in [9.17, 15) is 14.0 Å². The summed E-state index contributed by atoms with van der Waals surface area (Å²) in [6.07, 6.45) is 4.07. The fraction of sp³-hybridized carbons (Fsp3) is 0.484. The van der Waals surface area contributed by atoms with E-state index >= 15 is 0 Å². The molecule has 3 heterocycles. The molecule has 0 saturated carbocycles. The maximum Gasteiger partial charge on any atom is 0.256 e. The van der Waals surface area contributed by atoms with Gasteiger partial charge in [0.1, 0.15) is 5.82 Å². The Hall–Kier alpha value is -3.23. The minimum atomic E-state index is -0.0858. The van der Waals surface area contributed by atoms with Crippen LogP contribution >= 0.6 is 0 Å². The van der Waals surface area contributed by atoms with Gasteiger partial charge in [-0.25, -0.2) is 4.39 Å². The van der Waals surface area contributed by atoms with E-state index < -0.39 is 0 Å². The fourth-order valence-electron chi connectivity index (χ4n) is 7.24. The number of carbonyl (C=O) groups excluding carboxylic acids is 2. The summed E-state index contributed by atoms with van der Waals surface area (Å²) in [7, 11) is 6.28. The van der Waals surface area contributed by atoms with Gasteiger partial charge in [-0.15, -0.1) is 0 Å². The van der Waals surface area contributed by atoms with Crippen LogP contribution < -0.4 is 0 Å². The first kappa shape index (κ1) is 26.0. The van der Waals surface area contributed by atoms with E-state index in [0.29, 0.717) is 31.7 Å². The molecular formula is C31H38FN5O2. The van der Waals surface area contributed by atoms with Gasteiger partial charge in [-0.3, -0.25) is 14.5 Å². The predicted molar refractivity (Wildman–Crippen MR) is 150 cm³/mol. The van der Waals surface area contributed by atoms with Crippen LogP contribution in [0.5, 0.6) is 0 Å².